The molecule has 5 heteroatoms. The first-order valence-electron chi connectivity index (χ1n) is 10.3. The summed E-state index contributed by atoms with van der Waals surface area (Å²) in [5.41, 5.74) is 3.75. The van der Waals surface area contributed by atoms with Gasteiger partial charge < -0.3 is 19.5 Å². The first-order chi connectivity index (χ1) is 14.7. The van der Waals surface area contributed by atoms with Crippen molar-refractivity contribution >= 4 is 23.2 Å². The molecule has 0 bridgehead atoms. The Balaban J connectivity index is 1.42. The molecule has 5 nitrogen and oxygen atoms in total. The van der Waals surface area contributed by atoms with Gasteiger partial charge in [-0.2, -0.15) is 0 Å². The Labute approximate surface area is 177 Å². The molecule has 2 aromatic carbocycles. The van der Waals surface area contributed by atoms with Crippen LogP contribution in [0.15, 0.2) is 77.4 Å². The summed E-state index contributed by atoms with van der Waals surface area (Å²) in [6.07, 6.45) is 3.38. The number of furan rings is 1. The highest BCUT2D eigenvalue weighted by Gasteiger charge is 2.15. The third-order valence-electron chi connectivity index (χ3n) is 5.42. The maximum absolute atomic E-state index is 13.0. The summed E-state index contributed by atoms with van der Waals surface area (Å²) in [6.45, 7) is 4.74. The zero-order valence-corrected chi connectivity index (χ0v) is 17.3. The van der Waals surface area contributed by atoms with Gasteiger partial charge in [-0.3, -0.25) is 4.79 Å². The van der Waals surface area contributed by atoms with Gasteiger partial charge in [0.05, 0.1) is 11.8 Å². The molecule has 0 aliphatic carbocycles. The highest BCUT2D eigenvalue weighted by atomic mass is 16.3. The van der Waals surface area contributed by atoms with Crippen LogP contribution in [0.2, 0.25) is 0 Å². The third-order valence-corrected chi connectivity index (χ3v) is 5.42. The second-order valence-corrected chi connectivity index (χ2v) is 7.58. The number of carbonyl (C=O) groups excluding carboxylic acids is 1. The molecule has 1 aliphatic rings. The van der Waals surface area contributed by atoms with Crippen LogP contribution >= 0.6 is 0 Å². The normalized spacial score (nSPS) is 15.2. The molecular formula is C25H27N3O2. The Hall–Kier alpha value is -3.31. The maximum Gasteiger partial charge on any atom is 0.252 e. The minimum Gasteiger partial charge on any atom is -0.465 e. The van der Waals surface area contributed by atoms with Crippen molar-refractivity contribution < 1.29 is 9.21 Å². The molecule has 0 saturated carbocycles. The molecule has 154 valence electrons. The van der Waals surface area contributed by atoms with Gasteiger partial charge in [0.2, 0.25) is 0 Å². The average molecular weight is 402 g/mol. The fraction of sp³-hybridized carbons (Fsp3) is 0.240. The summed E-state index contributed by atoms with van der Waals surface area (Å²) in [7, 11) is 2.16. The molecule has 1 aromatic heterocycles. The number of benzene rings is 2. The first kappa shape index (κ1) is 20.0. The topological polar surface area (TPSA) is 48.7 Å². The lowest BCUT2D eigenvalue weighted by Gasteiger charge is -2.34. The van der Waals surface area contributed by atoms with Gasteiger partial charge in [-0.05, 0) is 48.5 Å². The molecular weight excluding hydrogens is 374 g/mol. The predicted octanol–water partition coefficient (Wildman–Crippen LogP) is 3.89. The Kier molecular flexibility index (Phi) is 6.30. The summed E-state index contributed by atoms with van der Waals surface area (Å²) < 4.78 is 5.41. The van der Waals surface area contributed by atoms with Gasteiger partial charge in [-0.1, -0.05) is 42.5 Å². The van der Waals surface area contributed by atoms with E-state index in [2.05, 4.69) is 46.4 Å². The number of anilines is 1. The molecule has 1 fully saturated rings. The molecule has 1 aliphatic heterocycles. The number of hydrogen-bond donors (Lipinski definition) is 1. The van der Waals surface area contributed by atoms with Crippen molar-refractivity contribution in [1.82, 2.24) is 10.2 Å². The van der Waals surface area contributed by atoms with E-state index in [4.69, 9.17) is 4.42 Å². The van der Waals surface area contributed by atoms with Crippen molar-refractivity contribution in [3.05, 3.63) is 89.9 Å². The van der Waals surface area contributed by atoms with E-state index < -0.39 is 0 Å². The van der Waals surface area contributed by atoms with Gasteiger partial charge in [0.15, 0.2) is 0 Å². The number of nitrogens with zero attached hydrogens (tertiary/aromatic N) is 2. The summed E-state index contributed by atoms with van der Waals surface area (Å²) in [5.74, 6) is 0.529. The molecule has 2 heterocycles. The van der Waals surface area contributed by atoms with E-state index in [1.54, 1.807) is 12.3 Å². The molecule has 0 radical (unpaired) electrons. The molecule has 1 N–H and O–H groups in total. The van der Waals surface area contributed by atoms with Crippen molar-refractivity contribution in [3.8, 4) is 0 Å². The van der Waals surface area contributed by atoms with Crippen LogP contribution in [0.3, 0.4) is 0 Å². The Morgan fingerprint density at radius 1 is 0.967 bits per heavy atom. The molecule has 0 atom stereocenters. The minimum atomic E-state index is -0.124. The summed E-state index contributed by atoms with van der Waals surface area (Å²) in [6, 6.07) is 21.8. The van der Waals surface area contributed by atoms with Crippen LogP contribution in [0, 0.1) is 0 Å². The summed E-state index contributed by atoms with van der Waals surface area (Å²) >= 11 is 0. The van der Waals surface area contributed by atoms with E-state index in [9.17, 15) is 4.79 Å². The van der Waals surface area contributed by atoms with Gasteiger partial charge in [0.25, 0.3) is 5.91 Å². The number of likely N-dealkylation sites (N-methyl/N-ethyl adjacent to an activating group) is 1. The van der Waals surface area contributed by atoms with Crippen LogP contribution < -0.4 is 10.2 Å². The largest absolute Gasteiger partial charge is 0.465 e. The van der Waals surface area contributed by atoms with E-state index in [0.717, 1.165) is 37.3 Å². The van der Waals surface area contributed by atoms with Gasteiger partial charge in [-0.25, -0.2) is 0 Å². The van der Waals surface area contributed by atoms with Crippen LogP contribution in [-0.2, 0) is 11.3 Å². The lowest BCUT2D eigenvalue weighted by atomic mass is 10.0. The Morgan fingerprint density at radius 3 is 2.37 bits per heavy atom. The van der Waals surface area contributed by atoms with Crippen LogP contribution in [0.1, 0.15) is 16.9 Å². The lowest BCUT2D eigenvalue weighted by Crippen LogP contribution is -2.44. The second kappa shape index (κ2) is 9.46. The van der Waals surface area contributed by atoms with E-state index >= 15 is 0 Å². The van der Waals surface area contributed by atoms with Gasteiger partial charge >= 0.3 is 0 Å². The lowest BCUT2D eigenvalue weighted by molar-refractivity contribution is -0.115. The van der Waals surface area contributed by atoms with Crippen molar-refractivity contribution in [1.29, 1.82) is 0 Å². The molecule has 3 aromatic rings. The fourth-order valence-electron chi connectivity index (χ4n) is 3.58. The van der Waals surface area contributed by atoms with Crippen molar-refractivity contribution in [3.63, 3.8) is 0 Å². The zero-order chi connectivity index (χ0) is 20.8. The standard InChI is InChI=1S/C25H27N3O2/c1-27-13-15-28(16-14-27)22-11-9-20(10-12-22)19-26-25(29)24(18-23-8-5-17-30-23)21-6-3-2-4-7-21/h2-12,17-18H,13-16,19H2,1H3,(H,26,29)/b24-18+. The van der Waals surface area contributed by atoms with Crippen molar-refractivity contribution in [2.75, 3.05) is 38.1 Å². The maximum atomic E-state index is 13.0. The van der Waals surface area contributed by atoms with E-state index in [0.29, 0.717) is 17.9 Å². The fourth-order valence-corrected chi connectivity index (χ4v) is 3.58. The van der Waals surface area contributed by atoms with Crippen LogP contribution in [0.25, 0.3) is 11.6 Å². The summed E-state index contributed by atoms with van der Waals surface area (Å²) in [5, 5.41) is 3.05. The number of hydrogen-bond acceptors (Lipinski definition) is 4. The molecule has 4 rings (SSSR count). The average Bonchev–Trinajstić information content (AvgIpc) is 3.31. The second-order valence-electron chi connectivity index (χ2n) is 7.58. The van der Waals surface area contributed by atoms with E-state index in [1.807, 2.05) is 42.5 Å². The van der Waals surface area contributed by atoms with E-state index in [1.165, 1.54) is 5.69 Å². The third kappa shape index (κ3) is 4.99. The van der Waals surface area contributed by atoms with Crippen LogP contribution in [0.4, 0.5) is 5.69 Å². The highest BCUT2D eigenvalue weighted by Crippen LogP contribution is 2.20. The summed E-state index contributed by atoms with van der Waals surface area (Å²) in [4.78, 5) is 17.7. The van der Waals surface area contributed by atoms with Gasteiger partial charge in [0, 0.05) is 38.4 Å². The number of carbonyl (C=O) groups is 1. The minimum absolute atomic E-state index is 0.124. The molecule has 0 spiro atoms. The Bertz CT molecular complexity index is 971. The number of rotatable bonds is 6. The Morgan fingerprint density at radius 2 is 1.70 bits per heavy atom. The van der Waals surface area contributed by atoms with Gasteiger partial charge in [-0.15, -0.1) is 0 Å². The quantitative estimate of drug-likeness (QED) is 0.637. The van der Waals surface area contributed by atoms with Crippen LogP contribution in [0.5, 0.6) is 0 Å². The van der Waals surface area contributed by atoms with E-state index in [-0.39, 0.29) is 5.91 Å². The SMILES string of the molecule is CN1CCN(c2ccc(CNC(=O)/C(=C/c3ccco3)c3ccccc3)cc2)CC1. The molecule has 1 amide bonds. The molecule has 1 saturated heterocycles. The molecule has 0 unspecified atom stereocenters. The molecule has 30 heavy (non-hydrogen) atoms. The van der Waals surface area contributed by atoms with Gasteiger partial charge in [0.1, 0.15) is 5.76 Å². The first-order valence-corrected chi connectivity index (χ1v) is 10.3. The zero-order valence-electron chi connectivity index (χ0n) is 17.3. The number of nitrogens with one attached hydrogen (secondary N) is 1. The van der Waals surface area contributed by atoms with Crippen molar-refractivity contribution in [2.24, 2.45) is 0 Å². The van der Waals surface area contributed by atoms with Crippen molar-refractivity contribution in [2.45, 2.75) is 6.54 Å². The smallest absolute Gasteiger partial charge is 0.252 e. The van der Waals surface area contributed by atoms with Crippen LogP contribution in [-0.4, -0.2) is 44.0 Å². The monoisotopic (exact) mass is 401 g/mol. The highest BCUT2D eigenvalue weighted by molar-refractivity contribution is 6.24. The number of piperazine rings is 1. The predicted molar refractivity (Wildman–Crippen MR) is 121 cm³/mol. The number of amides is 1.